The van der Waals surface area contributed by atoms with Crippen LogP contribution in [0.5, 0.6) is 0 Å². The summed E-state index contributed by atoms with van der Waals surface area (Å²) in [4.78, 5) is 11.8. The zero-order valence-corrected chi connectivity index (χ0v) is 10.3. The summed E-state index contributed by atoms with van der Waals surface area (Å²) in [5.41, 5.74) is 1.62. The van der Waals surface area contributed by atoms with Crippen molar-refractivity contribution in [2.45, 2.75) is 0 Å². The number of para-hydroxylation sites is 1. The summed E-state index contributed by atoms with van der Waals surface area (Å²) in [6, 6.07) is 9.30. The Hall–Kier alpha value is -1.74. The molecule has 0 atom stereocenters. The van der Waals surface area contributed by atoms with Crippen molar-refractivity contribution in [1.29, 1.82) is 0 Å². The number of hydrogen-bond donors (Lipinski definition) is 1. The largest absolute Gasteiger partial charge is 0.379 e. The normalized spacial score (nSPS) is 10.5. The van der Waals surface area contributed by atoms with Gasteiger partial charge in [0, 0.05) is 29.2 Å². The van der Waals surface area contributed by atoms with Gasteiger partial charge in [-0.15, -0.1) is 0 Å². The van der Waals surface area contributed by atoms with E-state index in [1.165, 1.54) is 0 Å². The first kappa shape index (κ1) is 11.7. The number of hydrogen-bond acceptors (Lipinski definition) is 2. The maximum Gasteiger partial charge on any atom is 0.252 e. The molecule has 0 fully saturated rings. The third-order valence-electron chi connectivity index (χ3n) is 2.62. The van der Waals surface area contributed by atoms with Crippen LogP contribution in [0, 0.1) is 0 Å². The zero-order chi connectivity index (χ0) is 12.4. The van der Waals surface area contributed by atoms with Gasteiger partial charge in [-0.05, 0) is 6.07 Å². The van der Waals surface area contributed by atoms with E-state index in [-0.39, 0.29) is 5.56 Å². The molecule has 0 saturated carbocycles. The van der Waals surface area contributed by atoms with Crippen LogP contribution in [0.4, 0.5) is 5.69 Å². The molecule has 2 aromatic rings. The lowest BCUT2D eigenvalue weighted by molar-refractivity contribution is 0.906. The maximum absolute atomic E-state index is 11.8. The molecule has 0 saturated heterocycles. The predicted octanol–water partition coefficient (Wildman–Crippen LogP) is 2.70. The van der Waals surface area contributed by atoms with Crippen LogP contribution in [0.3, 0.4) is 0 Å². The molecule has 0 unspecified atom stereocenters. The van der Waals surface area contributed by atoms with Crippen molar-refractivity contribution >= 4 is 28.2 Å². The molecule has 0 aliphatic rings. The van der Waals surface area contributed by atoms with Gasteiger partial charge in [-0.1, -0.05) is 36.4 Å². The fourth-order valence-electron chi connectivity index (χ4n) is 1.75. The van der Waals surface area contributed by atoms with Crippen molar-refractivity contribution in [2.24, 2.45) is 7.05 Å². The van der Waals surface area contributed by atoms with E-state index in [4.69, 9.17) is 11.6 Å². The zero-order valence-electron chi connectivity index (χ0n) is 9.53. The summed E-state index contributed by atoms with van der Waals surface area (Å²) >= 11 is 5.71. The van der Waals surface area contributed by atoms with Gasteiger partial charge in [0.2, 0.25) is 0 Å². The van der Waals surface area contributed by atoms with Crippen molar-refractivity contribution in [2.75, 3.05) is 11.9 Å². The lowest BCUT2D eigenvalue weighted by Gasteiger charge is -2.11. The SMILES string of the molecule is C=C(Cl)CNc1cc(=O)n(C)c2ccccc12. The summed E-state index contributed by atoms with van der Waals surface area (Å²) in [7, 11) is 1.76. The van der Waals surface area contributed by atoms with Crippen LogP contribution in [0.15, 0.2) is 46.7 Å². The van der Waals surface area contributed by atoms with E-state index in [1.807, 2.05) is 24.3 Å². The first-order valence-corrected chi connectivity index (χ1v) is 5.63. The second-order valence-electron chi connectivity index (χ2n) is 3.84. The Morgan fingerprint density at radius 1 is 1.47 bits per heavy atom. The van der Waals surface area contributed by atoms with Gasteiger partial charge in [0.15, 0.2) is 0 Å². The van der Waals surface area contributed by atoms with E-state index in [0.717, 1.165) is 16.6 Å². The first-order chi connectivity index (χ1) is 8.09. The Bertz CT molecular complexity index is 631. The van der Waals surface area contributed by atoms with Crippen LogP contribution < -0.4 is 10.9 Å². The van der Waals surface area contributed by atoms with E-state index in [9.17, 15) is 4.79 Å². The van der Waals surface area contributed by atoms with E-state index < -0.39 is 0 Å². The van der Waals surface area contributed by atoms with Gasteiger partial charge in [-0.25, -0.2) is 0 Å². The highest BCUT2D eigenvalue weighted by molar-refractivity contribution is 6.29. The Morgan fingerprint density at radius 2 is 2.18 bits per heavy atom. The van der Waals surface area contributed by atoms with Crippen molar-refractivity contribution in [3.63, 3.8) is 0 Å². The summed E-state index contributed by atoms with van der Waals surface area (Å²) in [6.07, 6.45) is 0. The Labute approximate surface area is 104 Å². The molecule has 2 rings (SSSR count). The van der Waals surface area contributed by atoms with Gasteiger partial charge in [0.1, 0.15) is 0 Å². The minimum atomic E-state index is -0.0496. The molecule has 1 aromatic heterocycles. The molecule has 3 nitrogen and oxygen atoms in total. The predicted molar refractivity (Wildman–Crippen MR) is 72.7 cm³/mol. The number of pyridine rings is 1. The maximum atomic E-state index is 11.8. The van der Waals surface area contributed by atoms with Crippen molar-refractivity contribution in [3.05, 3.63) is 52.3 Å². The molecule has 0 radical (unpaired) electrons. The number of fused-ring (bicyclic) bond motifs is 1. The average molecular weight is 249 g/mol. The van der Waals surface area contributed by atoms with E-state index in [0.29, 0.717) is 11.6 Å². The minimum Gasteiger partial charge on any atom is -0.379 e. The second-order valence-corrected chi connectivity index (χ2v) is 4.38. The molecule has 1 N–H and O–H groups in total. The molecule has 4 heteroatoms. The van der Waals surface area contributed by atoms with E-state index in [2.05, 4.69) is 11.9 Å². The number of nitrogens with one attached hydrogen (secondary N) is 1. The van der Waals surface area contributed by atoms with Crippen LogP contribution in [0.1, 0.15) is 0 Å². The lowest BCUT2D eigenvalue weighted by Crippen LogP contribution is -2.17. The fraction of sp³-hybridized carbons (Fsp3) is 0.154. The van der Waals surface area contributed by atoms with Gasteiger partial charge >= 0.3 is 0 Å². The first-order valence-electron chi connectivity index (χ1n) is 5.25. The third-order valence-corrected chi connectivity index (χ3v) is 2.76. The van der Waals surface area contributed by atoms with Crippen molar-refractivity contribution < 1.29 is 0 Å². The van der Waals surface area contributed by atoms with Gasteiger partial charge in [0.25, 0.3) is 5.56 Å². The number of nitrogens with zero attached hydrogens (tertiary/aromatic N) is 1. The van der Waals surface area contributed by atoms with Crippen LogP contribution in [0.2, 0.25) is 0 Å². The molecular formula is C13H13ClN2O. The molecule has 1 aromatic carbocycles. The topological polar surface area (TPSA) is 34.0 Å². The summed E-state index contributed by atoms with van der Waals surface area (Å²) in [6.45, 7) is 4.05. The molecule has 88 valence electrons. The number of aromatic nitrogens is 1. The highest BCUT2D eigenvalue weighted by Crippen LogP contribution is 2.20. The Kier molecular flexibility index (Phi) is 3.20. The second kappa shape index (κ2) is 4.63. The van der Waals surface area contributed by atoms with Crippen LogP contribution >= 0.6 is 11.6 Å². The van der Waals surface area contributed by atoms with Gasteiger partial charge < -0.3 is 9.88 Å². The number of anilines is 1. The highest BCUT2D eigenvalue weighted by atomic mass is 35.5. The summed E-state index contributed by atoms with van der Waals surface area (Å²) in [5, 5.41) is 4.61. The lowest BCUT2D eigenvalue weighted by atomic mass is 10.2. The average Bonchev–Trinajstić information content (AvgIpc) is 2.32. The standard InChI is InChI=1S/C13H13ClN2O/c1-9(14)8-15-11-7-13(17)16(2)12-6-4-3-5-10(11)12/h3-7,15H,1,8H2,2H3. The van der Waals surface area contributed by atoms with Crippen LogP contribution in [-0.4, -0.2) is 11.1 Å². The molecule has 17 heavy (non-hydrogen) atoms. The summed E-state index contributed by atoms with van der Waals surface area (Å²) in [5.74, 6) is 0. The number of aryl methyl sites for hydroxylation is 1. The third kappa shape index (κ3) is 2.34. The minimum absolute atomic E-state index is 0.0496. The summed E-state index contributed by atoms with van der Waals surface area (Å²) < 4.78 is 1.62. The Morgan fingerprint density at radius 3 is 2.88 bits per heavy atom. The monoisotopic (exact) mass is 248 g/mol. The van der Waals surface area contributed by atoms with E-state index in [1.54, 1.807) is 17.7 Å². The van der Waals surface area contributed by atoms with Gasteiger partial charge in [-0.3, -0.25) is 4.79 Å². The molecule has 0 spiro atoms. The molecular weight excluding hydrogens is 236 g/mol. The molecule has 0 aliphatic carbocycles. The van der Waals surface area contributed by atoms with Gasteiger partial charge in [-0.2, -0.15) is 0 Å². The fourth-order valence-corrected chi connectivity index (χ4v) is 1.81. The molecule has 1 heterocycles. The van der Waals surface area contributed by atoms with Crippen LogP contribution in [0.25, 0.3) is 10.9 Å². The highest BCUT2D eigenvalue weighted by Gasteiger charge is 2.05. The molecule has 0 bridgehead atoms. The number of rotatable bonds is 3. The van der Waals surface area contributed by atoms with Crippen molar-refractivity contribution in [1.82, 2.24) is 4.57 Å². The molecule has 0 amide bonds. The Balaban J connectivity index is 2.59. The molecule has 0 aliphatic heterocycles. The van der Waals surface area contributed by atoms with Gasteiger partial charge in [0.05, 0.1) is 12.1 Å². The van der Waals surface area contributed by atoms with Crippen LogP contribution in [-0.2, 0) is 7.05 Å². The number of halogens is 1. The van der Waals surface area contributed by atoms with Crippen molar-refractivity contribution in [3.8, 4) is 0 Å². The van der Waals surface area contributed by atoms with E-state index >= 15 is 0 Å². The quantitative estimate of drug-likeness (QED) is 0.906. The smallest absolute Gasteiger partial charge is 0.252 e. The number of benzene rings is 1.